The number of piperazine rings is 1. The standard InChI is InChI=1S/C23H23N3O3S/c1-15-11-16(2)22-18(12-15)24-23(30-22)26-9-7-25(8-10-26)21(27)6-4-17-3-5-19-20(13-17)29-14-28-19/h3-6,11-13H,7-10,14H2,1-2H3/b6-4-. The van der Waals surface area contributed by atoms with Crippen molar-refractivity contribution < 1.29 is 14.3 Å². The highest BCUT2D eigenvalue weighted by Crippen LogP contribution is 2.33. The zero-order chi connectivity index (χ0) is 20.7. The van der Waals surface area contributed by atoms with Gasteiger partial charge in [0.25, 0.3) is 0 Å². The number of hydrogen-bond acceptors (Lipinski definition) is 6. The first kappa shape index (κ1) is 18.9. The monoisotopic (exact) mass is 421 g/mol. The molecule has 2 aliphatic rings. The number of aromatic nitrogens is 1. The van der Waals surface area contributed by atoms with Crippen LogP contribution in [0.4, 0.5) is 5.13 Å². The molecule has 0 atom stereocenters. The molecule has 1 saturated heterocycles. The summed E-state index contributed by atoms with van der Waals surface area (Å²) >= 11 is 1.74. The van der Waals surface area contributed by atoms with Gasteiger partial charge >= 0.3 is 0 Å². The lowest BCUT2D eigenvalue weighted by molar-refractivity contribution is -0.126. The van der Waals surface area contributed by atoms with Crippen molar-refractivity contribution >= 4 is 38.7 Å². The van der Waals surface area contributed by atoms with Gasteiger partial charge in [-0.2, -0.15) is 0 Å². The van der Waals surface area contributed by atoms with Crippen LogP contribution < -0.4 is 14.4 Å². The fraction of sp³-hybridized carbons (Fsp3) is 0.304. The molecule has 2 aromatic carbocycles. The molecule has 0 saturated carbocycles. The average molecular weight is 422 g/mol. The second kappa shape index (κ2) is 7.65. The Morgan fingerprint density at radius 2 is 1.87 bits per heavy atom. The van der Waals surface area contributed by atoms with Gasteiger partial charge in [0.2, 0.25) is 12.7 Å². The summed E-state index contributed by atoms with van der Waals surface area (Å²) < 4.78 is 12.0. The molecular formula is C23H23N3O3S. The maximum absolute atomic E-state index is 12.6. The second-order valence-corrected chi connectivity index (χ2v) is 8.66. The lowest BCUT2D eigenvalue weighted by Gasteiger charge is -2.34. The average Bonchev–Trinajstić information content (AvgIpc) is 3.38. The van der Waals surface area contributed by atoms with Crippen LogP contribution in [0.15, 0.2) is 36.4 Å². The van der Waals surface area contributed by atoms with Gasteiger partial charge in [0.05, 0.1) is 10.2 Å². The summed E-state index contributed by atoms with van der Waals surface area (Å²) in [6, 6.07) is 10.0. The van der Waals surface area contributed by atoms with Gasteiger partial charge in [0.15, 0.2) is 16.6 Å². The van der Waals surface area contributed by atoms with Gasteiger partial charge < -0.3 is 19.3 Å². The Morgan fingerprint density at radius 1 is 1.07 bits per heavy atom. The quantitative estimate of drug-likeness (QED) is 0.599. The smallest absolute Gasteiger partial charge is 0.246 e. The molecule has 0 spiro atoms. The first-order valence-electron chi connectivity index (χ1n) is 10.1. The number of aryl methyl sites for hydroxylation is 2. The number of rotatable bonds is 3. The van der Waals surface area contributed by atoms with Gasteiger partial charge in [0, 0.05) is 32.3 Å². The summed E-state index contributed by atoms with van der Waals surface area (Å²) in [6.07, 6.45) is 3.46. The van der Waals surface area contributed by atoms with Crippen molar-refractivity contribution in [3.63, 3.8) is 0 Å². The van der Waals surface area contributed by atoms with Crippen molar-refractivity contribution in [1.29, 1.82) is 0 Å². The van der Waals surface area contributed by atoms with E-state index in [0.717, 1.165) is 40.8 Å². The van der Waals surface area contributed by atoms with Crippen molar-refractivity contribution in [2.24, 2.45) is 0 Å². The highest BCUT2D eigenvalue weighted by molar-refractivity contribution is 7.22. The number of thiazole rings is 1. The Kier molecular flexibility index (Phi) is 4.83. The molecule has 3 heterocycles. The Balaban J connectivity index is 1.22. The predicted molar refractivity (Wildman–Crippen MR) is 119 cm³/mol. The number of carbonyl (C=O) groups excluding carboxylic acids is 1. The molecule has 6 nitrogen and oxygen atoms in total. The van der Waals surface area contributed by atoms with E-state index in [1.165, 1.54) is 15.8 Å². The Labute approximate surface area is 179 Å². The van der Waals surface area contributed by atoms with E-state index in [1.807, 2.05) is 29.2 Å². The summed E-state index contributed by atoms with van der Waals surface area (Å²) in [7, 11) is 0. The molecule has 0 aliphatic carbocycles. The van der Waals surface area contributed by atoms with E-state index in [2.05, 4.69) is 30.9 Å². The van der Waals surface area contributed by atoms with E-state index in [1.54, 1.807) is 17.4 Å². The molecule has 5 rings (SSSR count). The Bertz CT molecular complexity index is 1150. The van der Waals surface area contributed by atoms with Gasteiger partial charge in [-0.15, -0.1) is 0 Å². The number of nitrogens with zero attached hydrogens (tertiary/aromatic N) is 3. The summed E-state index contributed by atoms with van der Waals surface area (Å²) in [5, 5.41) is 1.04. The summed E-state index contributed by atoms with van der Waals surface area (Å²) in [4.78, 5) is 21.6. The Morgan fingerprint density at radius 3 is 2.70 bits per heavy atom. The lowest BCUT2D eigenvalue weighted by atomic mass is 10.1. The molecule has 154 valence electrons. The number of hydrogen-bond donors (Lipinski definition) is 0. The van der Waals surface area contributed by atoms with E-state index in [9.17, 15) is 4.79 Å². The van der Waals surface area contributed by atoms with E-state index in [0.29, 0.717) is 13.1 Å². The van der Waals surface area contributed by atoms with E-state index in [-0.39, 0.29) is 12.7 Å². The maximum Gasteiger partial charge on any atom is 0.246 e. The summed E-state index contributed by atoms with van der Waals surface area (Å²) in [5.74, 6) is 1.50. The third-order valence-electron chi connectivity index (χ3n) is 5.49. The third-order valence-corrected chi connectivity index (χ3v) is 6.75. The van der Waals surface area contributed by atoms with Gasteiger partial charge in [-0.05, 0) is 54.8 Å². The molecule has 7 heteroatoms. The first-order valence-corrected chi connectivity index (χ1v) is 10.9. The first-order chi connectivity index (χ1) is 14.6. The SMILES string of the molecule is Cc1cc(C)c2sc(N3CCN(C(=O)/C=C\c4ccc5c(c4)OCO5)CC3)nc2c1. The van der Waals surface area contributed by atoms with E-state index < -0.39 is 0 Å². The Hall–Kier alpha value is -3.06. The van der Waals surface area contributed by atoms with Gasteiger partial charge in [-0.25, -0.2) is 4.98 Å². The molecule has 1 fully saturated rings. The maximum atomic E-state index is 12.6. The van der Waals surface area contributed by atoms with Crippen LogP contribution in [0, 0.1) is 13.8 Å². The molecule has 1 amide bonds. The van der Waals surface area contributed by atoms with Crippen molar-refractivity contribution in [3.8, 4) is 11.5 Å². The number of anilines is 1. The summed E-state index contributed by atoms with van der Waals surface area (Å²) in [6.45, 7) is 7.46. The fourth-order valence-corrected chi connectivity index (χ4v) is 4.98. The van der Waals surface area contributed by atoms with Crippen LogP contribution in [0.1, 0.15) is 16.7 Å². The molecule has 0 bridgehead atoms. The number of fused-ring (bicyclic) bond motifs is 2. The second-order valence-electron chi connectivity index (χ2n) is 7.68. The van der Waals surface area contributed by atoms with Crippen LogP contribution in [-0.4, -0.2) is 48.8 Å². The van der Waals surface area contributed by atoms with Crippen LogP contribution in [0.3, 0.4) is 0 Å². The van der Waals surface area contributed by atoms with Crippen LogP contribution >= 0.6 is 11.3 Å². The third kappa shape index (κ3) is 3.61. The lowest BCUT2D eigenvalue weighted by Crippen LogP contribution is -2.48. The normalized spacial score (nSPS) is 16.1. The zero-order valence-corrected chi connectivity index (χ0v) is 17.9. The minimum Gasteiger partial charge on any atom is -0.454 e. The molecule has 0 unspecified atom stereocenters. The molecule has 0 radical (unpaired) electrons. The van der Waals surface area contributed by atoms with Crippen LogP contribution in [0.5, 0.6) is 11.5 Å². The highest BCUT2D eigenvalue weighted by atomic mass is 32.1. The largest absolute Gasteiger partial charge is 0.454 e. The molecule has 2 aliphatic heterocycles. The zero-order valence-electron chi connectivity index (χ0n) is 17.1. The highest BCUT2D eigenvalue weighted by Gasteiger charge is 2.22. The minimum absolute atomic E-state index is 0.0306. The molecular weight excluding hydrogens is 398 g/mol. The van der Waals surface area contributed by atoms with Crippen molar-refractivity contribution in [2.45, 2.75) is 13.8 Å². The van der Waals surface area contributed by atoms with Crippen LogP contribution in [0.2, 0.25) is 0 Å². The number of carbonyl (C=O) groups is 1. The molecule has 0 N–H and O–H groups in total. The number of amides is 1. The van der Waals surface area contributed by atoms with E-state index in [4.69, 9.17) is 14.5 Å². The summed E-state index contributed by atoms with van der Waals surface area (Å²) in [5.41, 5.74) is 4.50. The van der Waals surface area contributed by atoms with Crippen molar-refractivity contribution in [1.82, 2.24) is 9.88 Å². The van der Waals surface area contributed by atoms with Crippen LogP contribution in [-0.2, 0) is 4.79 Å². The fourth-order valence-electron chi connectivity index (χ4n) is 3.91. The minimum atomic E-state index is 0.0306. The predicted octanol–water partition coefficient (Wildman–Crippen LogP) is 4.00. The molecule has 3 aromatic rings. The van der Waals surface area contributed by atoms with Gasteiger partial charge in [-0.3, -0.25) is 4.79 Å². The molecule has 30 heavy (non-hydrogen) atoms. The van der Waals surface area contributed by atoms with Crippen LogP contribution in [0.25, 0.3) is 16.3 Å². The number of ether oxygens (including phenoxy) is 2. The van der Waals surface area contributed by atoms with Crippen molar-refractivity contribution in [3.05, 3.63) is 53.1 Å². The van der Waals surface area contributed by atoms with Crippen molar-refractivity contribution in [2.75, 3.05) is 37.9 Å². The number of benzene rings is 2. The topological polar surface area (TPSA) is 54.9 Å². The molecule has 1 aromatic heterocycles. The van der Waals surface area contributed by atoms with Gasteiger partial charge in [0.1, 0.15) is 0 Å². The van der Waals surface area contributed by atoms with Gasteiger partial charge in [-0.1, -0.05) is 23.5 Å². The van der Waals surface area contributed by atoms with E-state index >= 15 is 0 Å².